The molecule has 0 N–H and O–H groups in total. The smallest absolute Gasteiger partial charge is 0.410 e. The summed E-state index contributed by atoms with van der Waals surface area (Å²) in [6.45, 7) is 7.98. The number of aryl methyl sites for hydroxylation is 1. The van der Waals surface area contributed by atoms with Gasteiger partial charge in [-0.2, -0.15) is 5.10 Å². The highest BCUT2D eigenvalue weighted by atomic mass is 19.1. The number of nitrogens with zero attached hydrogens (tertiary/aromatic N) is 5. The fourth-order valence-electron chi connectivity index (χ4n) is 6.00. The van der Waals surface area contributed by atoms with Crippen LogP contribution in [0.1, 0.15) is 61.2 Å². The summed E-state index contributed by atoms with van der Waals surface area (Å²) >= 11 is 0. The largest absolute Gasteiger partial charge is 0.450 e. The van der Waals surface area contributed by atoms with E-state index in [9.17, 15) is 14.4 Å². The van der Waals surface area contributed by atoms with Gasteiger partial charge in [-0.05, 0) is 56.0 Å². The van der Waals surface area contributed by atoms with Gasteiger partial charge in [0, 0.05) is 88.7 Å². The van der Waals surface area contributed by atoms with E-state index in [1.807, 2.05) is 63.4 Å². The van der Waals surface area contributed by atoms with Crippen molar-refractivity contribution in [1.82, 2.24) is 24.5 Å². The summed E-state index contributed by atoms with van der Waals surface area (Å²) in [5, 5.41) is 4.38. The van der Waals surface area contributed by atoms with Gasteiger partial charge in [-0.25, -0.2) is 9.18 Å². The van der Waals surface area contributed by atoms with Crippen molar-refractivity contribution in [2.75, 3.05) is 40.3 Å². The Morgan fingerprint density at radius 3 is 2.47 bits per heavy atom. The molecule has 2 aromatic heterocycles. The van der Waals surface area contributed by atoms with E-state index in [2.05, 4.69) is 5.10 Å². The lowest BCUT2D eigenvalue weighted by atomic mass is 9.89. The Kier molecular flexibility index (Phi) is 8.65. The molecule has 4 aromatic rings. The maximum atomic E-state index is 16.3. The Labute approximate surface area is 273 Å². The van der Waals surface area contributed by atoms with Gasteiger partial charge in [0.15, 0.2) is 5.76 Å². The van der Waals surface area contributed by atoms with E-state index in [0.29, 0.717) is 55.7 Å². The first kappa shape index (κ1) is 32.0. The number of rotatable bonds is 7. The zero-order valence-corrected chi connectivity index (χ0v) is 27.5. The highest BCUT2D eigenvalue weighted by Crippen LogP contribution is 2.39. The minimum absolute atomic E-state index is 0.0215. The molecule has 47 heavy (non-hydrogen) atoms. The topological polar surface area (TPSA) is 101 Å². The van der Waals surface area contributed by atoms with Crippen LogP contribution in [0.4, 0.5) is 9.18 Å². The average molecular weight is 642 g/mol. The number of fused-ring (bicyclic) bond motifs is 1. The molecule has 0 spiro atoms. The van der Waals surface area contributed by atoms with Crippen LogP contribution >= 0.6 is 0 Å². The molecule has 2 aliphatic rings. The second-order valence-corrected chi connectivity index (χ2v) is 13.4. The Bertz CT molecular complexity index is 1830. The van der Waals surface area contributed by atoms with Crippen molar-refractivity contribution < 1.29 is 27.9 Å². The number of carbonyl (C=O) groups excluding carboxylic acids is 3. The van der Waals surface area contributed by atoms with Crippen molar-refractivity contribution >= 4 is 34.4 Å². The normalized spacial score (nSPS) is 15.4. The fraction of sp³-hybridized carbons (Fsp3) is 0.389. The van der Waals surface area contributed by atoms with Crippen LogP contribution in [0.5, 0.6) is 0 Å². The van der Waals surface area contributed by atoms with E-state index in [1.165, 1.54) is 11.0 Å². The molecular weight excluding hydrogens is 601 g/mol. The first-order valence-electron chi connectivity index (χ1n) is 15.9. The number of halogens is 1. The molecule has 0 saturated carbocycles. The van der Waals surface area contributed by atoms with E-state index in [1.54, 1.807) is 40.8 Å². The molecule has 1 saturated heterocycles. The number of hydrogen-bond acceptors (Lipinski definition) is 6. The minimum atomic E-state index is -0.547. The van der Waals surface area contributed by atoms with Gasteiger partial charge in [-0.15, -0.1) is 0 Å². The number of benzene rings is 2. The number of carbonyl (C=O) groups is 3. The zero-order valence-electron chi connectivity index (χ0n) is 27.5. The molecular formula is C36H40FN5O5. The lowest BCUT2D eigenvalue weighted by Gasteiger charge is -2.40. The molecule has 0 atom stereocenters. The molecule has 4 heterocycles. The number of ether oxygens (including phenoxy) is 1. The van der Waals surface area contributed by atoms with Crippen molar-refractivity contribution in [1.29, 1.82) is 0 Å². The number of likely N-dealkylation sites (tertiary alicyclic amines) is 1. The summed E-state index contributed by atoms with van der Waals surface area (Å²) in [5.41, 5.74) is 3.34. The van der Waals surface area contributed by atoms with Crippen LogP contribution in [0.3, 0.4) is 0 Å². The van der Waals surface area contributed by atoms with Crippen molar-refractivity contribution in [3.05, 3.63) is 83.6 Å². The molecule has 2 aliphatic heterocycles. The van der Waals surface area contributed by atoms with Gasteiger partial charge in [0.25, 0.3) is 5.91 Å². The van der Waals surface area contributed by atoms with Gasteiger partial charge in [-0.1, -0.05) is 30.3 Å². The van der Waals surface area contributed by atoms with Gasteiger partial charge in [0.2, 0.25) is 5.91 Å². The van der Waals surface area contributed by atoms with Gasteiger partial charge >= 0.3 is 6.09 Å². The first-order chi connectivity index (χ1) is 22.4. The third kappa shape index (κ3) is 6.79. The molecule has 0 radical (unpaired) electrons. The van der Waals surface area contributed by atoms with Crippen LogP contribution in [0.15, 0.2) is 65.4 Å². The second-order valence-electron chi connectivity index (χ2n) is 13.4. The highest BCUT2D eigenvalue weighted by Gasteiger charge is 2.34. The summed E-state index contributed by atoms with van der Waals surface area (Å²) in [7, 11) is 3.23. The molecule has 0 unspecified atom stereocenters. The zero-order chi connectivity index (χ0) is 33.5. The standard InChI is InChI=1S/C36H40FN5O5/c1-36(2,3)47-35(45)41-21-26(22-41)23-9-11-24(12-10-23)28-18-27(32(37)29-19-30(46-33(28)29)34(44)39(4)5)25-8-6-15-40(20-25)31(43)13-17-42-16-7-14-38-42/h7-12,14,16,18-19,26H,6,13,15,17,20-22H2,1-5H3. The maximum Gasteiger partial charge on any atom is 0.410 e. The summed E-state index contributed by atoms with van der Waals surface area (Å²) in [6, 6.07) is 13.0. The number of hydrogen-bond donors (Lipinski definition) is 0. The second kappa shape index (κ2) is 12.7. The quantitative estimate of drug-likeness (QED) is 0.239. The van der Waals surface area contributed by atoms with E-state index >= 15 is 4.39 Å². The third-order valence-electron chi connectivity index (χ3n) is 8.55. The van der Waals surface area contributed by atoms with Crippen molar-refractivity contribution in [3.8, 4) is 11.1 Å². The minimum Gasteiger partial charge on any atom is -0.450 e. The number of furan rings is 1. The van der Waals surface area contributed by atoms with Crippen molar-refractivity contribution in [2.45, 2.75) is 51.7 Å². The van der Waals surface area contributed by atoms with Crippen molar-refractivity contribution in [2.24, 2.45) is 0 Å². The lowest BCUT2D eigenvalue weighted by molar-refractivity contribution is -0.131. The predicted octanol–water partition coefficient (Wildman–Crippen LogP) is 6.18. The van der Waals surface area contributed by atoms with Crippen LogP contribution in [0.25, 0.3) is 27.7 Å². The predicted molar refractivity (Wildman–Crippen MR) is 176 cm³/mol. The van der Waals surface area contributed by atoms with Crippen LogP contribution in [-0.2, 0) is 16.1 Å². The summed E-state index contributed by atoms with van der Waals surface area (Å²) in [4.78, 5) is 43.2. The Morgan fingerprint density at radius 1 is 1.06 bits per heavy atom. The van der Waals surface area contributed by atoms with E-state index in [-0.39, 0.29) is 47.1 Å². The van der Waals surface area contributed by atoms with Crippen molar-refractivity contribution in [3.63, 3.8) is 0 Å². The Hall–Kier alpha value is -4.93. The summed E-state index contributed by atoms with van der Waals surface area (Å²) in [6.07, 6.45) is 6.05. The summed E-state index contributed by atoms with van der Waals surface area (Å²) in [5.74, 6) is -0.655. The van der Waals surface area contributed by atoms with Gasteiger partial charge in [0.1, 0.15) is 17.0 Å². The molecule has 1 fully saturated rings. The van der Waals surface area contributed by atoms with Crippen LogP contribution in [-0.4, -0.2) is 88.3 Å². The Balaban J connectivity index is 1.28. The number of amides is 3. The van der Waals surface area contributed by atoms with Gasteiger partial charge < -0.3 is 23.9 Å². The highest BCUT2D eigenvalue weighted by molar-refractivity contribution is 6.02. The lowest BCUT2D eigenvalue weighted by Crippen LogP contribution is -2.50. The molecule has 6 rings (SSSR count). The molecule has 2 aromatic carbocycles. The third-order valence-corrected chi connectivity index (χ3v) is 8.55. The monoisotopic (exact) mass is 641 g/mol. The molecule has 246 valence electrons. The average Bonchev–Trinajstić information content (AvgIpc) is 3.70. The Morgan fingerprint density at radius 2 is 1.81 bits per heavy atom. The maximum absolute atomic E-state index is 16.3. The van der Waals surface area contributed by atoms with Gasteiger partial charge in [-0.3, -0.25) is 14.3 Å². The van der Waals surface area contributed by atoms with E-state index < -0.39 is 11.4 Å². The van der Waals surface area contributed by atoms with Gasteiger partial charge in [0.05, 0.1) is 5.39 Å². The molecule has 3 amide bonds. The van der Waals surface area contributed by atoms with E-state index in [0.717, 1.165) is 11.1 Å². The summed E-state index contributed by atoms with van der Waals surface area (Å²) < 4.78 is 29.6. The first-order valence-corrected chi connectivity index (χ1v) is 15.9. The van der Waals surface area contributed by atoms with Crippen LogP contribution < -0.4 is 0 Å². The van der Waals surface area contributed by atoms with Crippen LogP contribution in [0.2, 0.25) is 0 Å². The molecule has 11 heteroatoms. The SMILES string of the molecule is CN(C)C(=O)c1cc2c(F)c(C3=CCCN(C(=O)CCn4cccn4)C3)cc(-c3ccc(C4CN(C(=O)OC(C)(C)C)C4)cc3)c2o1. The van der Waals surface area contributed by atoms with E-state index in [4.69, 9.17) is 9.15 Å². The van der Waals surface area contributed by atoms with Crippen LogP contribution in [0, 0.1) is 5.82 Å². The number of aromatic nitrogens is 2. The fourth-order valence-corrected chi connectivity index (χ4v) is 6.00. The molecule has 0 aliphatic carbocycles. The molecule has 0 bridgehead atoms. The molecule has 10 nitrogen and oxygen atoms in total.